The lowest BCUT2D eigenvalue weighted by Crippen LogP contribution is -2.33. The van der Waals surface area contributed by atoms with Crippen molar-refractivity contribution in [2.75, 3.05) is 10.2 Å². The first kappa shape index (κ1) is 26.8. The lowest BCUT2D eigenvalue weighted by atomic mass is 9.82. The summed E-state index contributed by atoms with van der Waals surface area (Å²) < 4.78 is 2.14. The lowest BCUT2D eigenvalue weighted by Gasteiger charge is -2.31. The normalized spacial score (nSPS) is 19.9. The van der Waals surface area contributed by atoms with E-state index in [1.165, 1.54) is 15.5 Å². The van der Waals surface area contributed by atoms with E-state index in [0.29, 0.717) is 31.9 Å². The molecule has 0 saturated carbocycles. The molecule has 1 saturated heterocycles. The molecule has 0 bridgehead atoms. The van der Waals surface area contributed by atoms with E-state index >= 15 is 0 Å². The van der Waals surface area contributed by atoms with Crippen molar-refractivity contribution in [3.05, 3.63) is 102 Å². The number of aromatic nitrogens is 1. The van der Waals surface area contributed by atoms with Gasteiger partial charge in [0.2, 0.25) is 17.7 Å². The summed E-state index contributed by atoms with van der Waals surface area (Å²) in [5, 5.41) is 13.7. The van der Waals surface area contributed by atoms with Crippen molar-refractivity contribution in [3.63, 3.8) is 0 Å². The van der Waals surface area contributed by atoms with Gasteiger partial charge in [0.25, 0.3) is 0 Å². The molecule has 0 aliphatic carbocycles. The number of halogens is 2. The smallest absolute Gasteiger partial charge is 0.308 e. The van der Waals surface area contributed by atoms with Gasteiger partial charge in [-0.1, -0.05) is 68.8 Å². The van der Waals surface area contributed by atoms with E-state index in [4.69, 9.17) is 11.6 Å². The fourth-order valence-corrected chi connectivity index (χ4v) is 8.22. The number of imide groups is 1. The SMILES string of the molecule is O=C(Cn1c2c(sc1=O)[C@@H](c1ccccc1O)[C@H]1C(=O)N(c3ccc(Br)cc3)C(=O)[C@H]1S2)Nc1ccc(Cl)cc1. The Bertz CT molecular complexity index is 1720. The van der Waals surface area contributed by atoms with Gasteiger partial charge in [-0.15, -0.1) is 0 Å². The molecule has 2 aliphatic heterocycles. The van der Waals surface area contributed by atoms with Crippen molar-refractivity contribution in [3.8, 4) is 5.75 Å². The summed E-state index contributed by atoms with van der Waals surface area (Å²) in [6.45, 7) is -0.288. The van der Waals surface area contributed by atoms with Gasteiger partial charge in [-0.3, -0.25) is 23.7 Å². The Labute approximate surface area is 249 Å². The molecule has 2 N–H and O–H groups in total. The van der Waals surface area contributed by atoms with Gasteiger partial charge in [0.15, 0.2) is 0 Å². The van der Waals surface area contributed by atoms with Crippen molar-refractivity contribution < 1.29 is 19.5 Å². The first-order chi connectivity index (χ1) is 19.2. The summed E-state index contributed by atoms with van der Waals surface area (Å²) in [6.07, 6.45) is 0. The Morgan fingerprint density at radius 3 is 2.38 bits per heavy atom. The van der Waals surface area contributed by atoms with E-state index in [1.54, 1.807) is 66.7 Å². The third-order valence-corrected chi connectivity index (χ3v) is 10.2. The highest BCUT2D eigenvalue weighted by molar-refractivity contribution is 9.10. The Kier molecular flexibility index (Phi) is 7.07. The second-order valence-corrected chi connectivity index (χ2v) is 12.7. The first-order valence-electron chi connectivity index (χ1n) is 12.1. The maximum absolute atomic E-state index is 13.9. The third kappa shape index (κ3) is 4.66. The first-order valence-corrected chi connectivity index (χ1v) is 15.0. The average molecular weight is 657 g/mol. The molecule has 0 spiro atoms. The van der Waals surface area contributed by atoms with Crippen LogP contribution >= 0.6 is 50.6 Å². The zero-order valence-corrected chi connectivity index (χ0v) is 24.4. The van der Waals surface area contributed by atoms with Gasteiger partial charge >= 0.3 is 4.87 Å². The number of nitrogens with one attached hydrogen (secondary N) is 1. The van der Waals surface area contributed by atoms with Gasteiger partial charge in [-0.2, -0.15) is 0 Å². The number of aromatic hydroxyl groups is 1. The maximum atomic E-state index is 13.9. The van der Waals surface area contributed by atoms with Crippen LogP contribution in [-0.2, 0) is 20.9 Å². The van der Waals surface area contributed by atoms with Crippen LogP contribution in [0.25, 0.3) is 0 Å². The predicted octanol–water partition coefficient (Wildman–Crippen LogP) is 5.47. The molecule has 3 atom stereocenters. The number of thiazole rings is 1. The largest absolute Gasteiger partial charge is 0.508 e. The fourth-order valence-electron chi connectivity index (χ4n) is 5.06. The molecule has 202 valence electrons. The van der Waals surface area contributed by atoms with Crippen LogP contribution in [0.15, 0.2) is 87.1 Å². The number of anilines is 2. The second kappa shape index (κ2) is 10.5. The van der Waals surface area contributed by atoms with Crippen LogP contribution in [0, 0.1) is 5.92 Å². The van der Waals surface area contributed by atoms with Gasteiger partial charge in [-0.25, -0.2) is 4.90 Å². The molecule has 3 heterocycles. The minimum atomic E-state index is -0.854. The number of para-hydroxylation sites is 1. The molecule has 3 amide bonds. The standard InChI is InChI=1S/C28H19BrClN3O5S2/c29-14-5-11-17(12-6-14)33-25(36)22-21(18-3-1-2-4-19(18)34)24-27(39-23(22)26(33)37)32(28(38)40-24)13-20(35)31-16-9-7-15(30)8-10-16/h1-12,21-23,34H,13H2,(H,31,35)/t21-,22+,23-/m0/s1. The molecule has 8 nitrogen and oxygen atoms in total. The highest BCUT2D eigenvalue weighted by Gasteiger charge is 2.57. The Morgan fingerprint density at radius 1 is 0.975 bits per heavy atom. The number of hydrogen-bond donors (Lipinski definition) is 2. The van der Waals surface area contributed by atoms with Crippen molar-refractivity contribution >= 4 is 79.7 Å². The fraction of sp³-hybridized carbons (Fsp3) is 0.143. The zero-order chi connectivity index (χ0) is 28.1. The number of phenolic OH excluding ortho intramolecular Hbond substituents is 1. The number of fused-ring (bicyclic) bond motifs is 2. The van der Waals surface area contributed by atoms with E-state index in [-0.39, 0.29) is 12.3 Å². The molecule has 1 aromatic heterocycles. The van der Waals surface area contributed by atoms with Crippen LogP contribution in [0.1, 0.15) is 16.4 Å². The monoisotopic (exact) mass is 655 g/mol. The van der Waals surface area contributed by atoms with Crippen LogP contribution < -0.4 is 15.1 Å². The van der Waals surface area contributed by atoms with Crippen LogP contribution in [0.3, 0.4) is 0 Å². The number of carbonyl (C=O) groups is 3. The number of thioether (sulfide) groups is 1. The number of hydrogen-bond acceptors (Lipinski definition) is 7. The highest BCUT2D eigenvalue weighted by Crippen LogP contribution is 2.55. The quantitative estimate of drug-likeness (QED) is 0.276. The summed E-state index contributed by atoms with van der Waals surface area (Å²) in [4.78, 5) is 55.1. The number of amides is 3. The predicted molar refractivity (Wildman–Crippen MR) is 158 cm³/mol. The Hall–Kier alpha value is -3.38. The topological polar surface area (TPSA) is 109 Å². The summed E-state index contributed by atoms with van der Waals surface area (Å²) in [5.74, 6) is -2.90. The van der Waals surface area contributed by atoms with Crippen molar-refractivity contribution in [2.24, 2.45) is 5.92 Å². The molecular weight excluding hydrogens is 638 g/mol. The summed E-state index contributed by atoms with van der Waals surface area (Å²) in [5.41, 5.74) is 1.40. The zero-order valence-electron chi connectivity index (χ0n) is 20.4. The minimum Gasteiger partial charge on any atom is -0.508 e. The van der Waals surface area contributed by atoms with E-state index < -0.39 is 39.7 Å². The van der Waals surface area contributed by atoms with Crippen LogP contribution in [0.2, 0.25) is 5.02 Å². The molecule has 0 radical (unpaired) electrons. The van der Waals surface area contributed by atoms with E-state index in [2.05, 4.69) is 21.2 Å². The van der Waals surface area contributed by atoms with E-state index in [1.807, 2.05) is 0 Å². The van der Waals surface area contributed by atoms with Crippen LogP contribution in [-0.4, -0.2) is 32.6 Å². The summed E-state index contributed by atoms with van der Waals surface area (Å²) in [6, 6.07) is 20.1. The van der Waals surface area contributed by atoms with Gasteiger partial charge in [0.1, 0.15) is 17.5 Å². The van der Waals surface area contributed by atoms with Crippen molar-refractivity contribution in [2.45, 2.75) is 22.7 Å². The Morgan fingerprint density at radius 2 is 1.68 bits per heavy atom. The van der Waals surface area contributed by atoms with Gasteiger partial charge in [-0.05, 0) is 54.6 Å². The number of rotatable bonds is 5. The Balaban J connectivity index is 1.41. The molecular formula is C28H19BrClN3O5S2. The van der Waals surface area contributed by atoms with Crippen LogP contribution in [0.5, 0.6) is 5.75 Å². The molecule has 40 heavy (non-hydrogen) atoms. The number of benzene rings is 3. The highest BCUT2D eigenvalue weighted by atomic mass is 79.9. The summed E-state index contributed by atoms with van der Waals surface area (Å²) in [7, 11) is 0. The number of phenols is 1. The van der Waals surface area contributed by atoms with E-state index in [9.17, 15) is 24.3 Å². The average Bonchev–Trinajstić information content (AvgIpc) is 3.37. The van der Waals surface area contributed by atoms with E-state index in [0.717, 1.165) is 27.6 Å². The third-order valence-electron chi connectivity index (χ3n) is 6.84. The molecule has 1 fully saturated rings. The molecule has 6 rings (SSSR count). The second-order valence-electron chi connectivity index (χ2n) is 9.27. The van der Waals surface area contributed by atoms with Gasteiger partial charge in [0.05, 0.1) is 16.6 Å². The number of carbonyl (C=O) groups excluding carboxylic acids is 3. The molecule has 0 unspecified atom stereocenters. The molecule has 3 aromatic carbocycles. The molecule has 12 heteroatoms. The lowest BCUT2D eigenvalue weighted by molar-refractivity contribution is -0.122. The van der Waals surface area contributed by atoms with Crippen molar-refractivity contribution in [1.82, 2.24) is 4.57 Å². The molecule has 2 aliphatic rings. The van der Waals surface area contributed by atoms with Gasteiger partial charge < -0.3 is 10.4 Å². The molecule has 4 aromatic rings. The van der Waals surface area contributed by atoms with Crippen molar-refractivity contribution in [1.29, 1.82) is 0 Å². The maximum Gasteiger partial charge on any atom is 0.308 e. The van der Waals surface area contributed by atoms with Gasteiger partial charge in [0, 0.05) is 31.5 Å². The summed E-state index contributed by atoms with van der Waals surface area (Å²) >= 11 is 11.3. The number of nitrogens with zero attached hydrogens (tertiary/aromatic N) is 2. The van der Waals surface area contributed by atoms with Crippen LogP contribution in [0.4, 0.5) is 11.4 Å². The minimum absolute atomic E-state index is 0.0423.